The summed E-state index contributed by atoms with van der Waals surface area (Å²) in [6.07, 6.45) is 1.54. The summed E-state index contributed by atoms with van der Waals surface area (Å²) in [4.78, 5) is 2.04. The molecule has 0 amide bonds. The second-order valence-corrected chi connectivity index (χ2v) is 4.75. The number of halogens is 1. The summed E-state index contributed by atoms with van der Waals surface area (Å²) in [6.45, 7) is 3.25. The standard InChI is InChI=1S/C10H19ClN4O/c1-10(16,7-12)9-8(11)6-13-15(9)5-4-14(2)3/h6,16H,4-5,7,12H2,1-3H3. The summed E-state index contributed by atoms with van der Waals surface area (Å²) in [5.41, 5.74) is 4.97. The van der Waals surface area contributed by atoms with Gasteiger partial charge in [-0.2, -0.15) is 5.10 Å². The zero-order valence-electron chi connectivity index (χ0n) is 9.94. The van der Waals surface area contributed by atoms with Gasteiger partial charge in [-0.25, -0.2) is 0 Å². The van der Waals surface area contributed by atoms with Crippen LogP contribution in [-0.4, -0.2) is 47.0 Å². The lowest BCUT2D eigenvalue weighted by atomic mass is 10.0. The van der Waals surface area contributed by atoms with Crippen molar-refractivity contribution in [3.8, 4) is 0 Å². The van der Waals surface area contributed by atoms with Crippen molar-refractivity contribution in [2.75, 3.05) is 27.2 Å². The Bertz CT molecular complexity index is 349. The van der Waals surface area contributed by atoms with Gasteiger partial charge >= 0.3 is 0 Å². The Hall–Kier alpha value is -0.620. The van der Waals surface area contributed by atoms with Gasteiger partial charge in [-0.05, 0) is 21.0 Å². The lowest BCUT2D eigenvalue weighted by molar-refractivity contribution is 0.0565. The molecule has 0 bridgehead atoms. The van der Waals surface area contributed by atoms with Gasteiger partial charge in [-0.3, -0.25) is 4.68 Å². The van der Waals surface area contributed by atoms with E-state index in [1.807, 2.05) is 19.0 Å². The molecule has 16 heavy (non-hydrogen) atoms. The van der Waals surface area contributed by atoms with Crippen molar-refractivity contribution >= 4 is 11.6 Å². The fraction of sp³-hybridized carbons (Fsp3) is 0.700. The summed E-state index contributed by atoms with van der Waals surface area (Å²) >= 11 is 6.01. The average Bonchev–Trinajstić information content (AvgIpc) is 2.57. The van der Waals surface area contributed by atoms with Crippen molar-refractivity contribution in [3.63, 3.8) is 0 Å². The van der Waals surface area contributed by atoms with Gasteiger partial charge in [-0.1, -0.05) is 11.6 Å². The lowest BCUT2D eigenvalue weighted by Crippen LogP contribution is -2.35. The number of hydrogen-bond acceptors (Lipinski definition) is 4. The van der Waals surface area contributed by atoms with Gasteiger partial charge < -0.3 is 15.7 Å². The maximum absolute atomic E-state index is 10.1. The van der Waals surface area contributed by atoms with E-state index >= 15 is 0 Å². The molecule has 0 aliphatic carbocycles. The van der Waals surface area contributed by atoms with Crippen LogP contribution in [0.5, 0.6) is 0 Å². The van der Waals surface area contributed by atoms with E-state index in [0.717, 1.165) is 6.54 Å². The molecule has 1 aromatic rings. The molecule has 0 fully saturated rings. The zero-order valence-corrected chi connectivity index (χ0v) is 10.7. The van der Waals surface area contributed by atoms with E-state index in [-0.39, 0.29) is 6.54 Å². The maximum atomic E-state index is 10.1. The van der Waals surface area contributed by atoms with Crippen molar-refractivity contribution < 1.29 is 5.11 Å². The van der Waals surface area contributed by atoms with E-state index in [9.17, 15) is 5.11 Å². The molecule has 1 rings (SSSR count). The molecule has 1 aromatic heterocycles. The van der Waals surface area contributed by atoms with Crippen molar-refractivity contribution in [2.24, 2.45) is 5.73 Å². The molecule has 6 heteroatoms. The minimum atomic E-state index is -1.14. The number of aliphatic hydroxyl groups is 1. The molecule has 1 heterocycles. The molecule has 92 valence electrons. The number of rotatable bonds is 5. The molecule has 0 radical (unpaired) electrons. The summed E-state index contributed by atoms with van der Waals surface area (Å²) < 4.78 is 1.70. The summed E-state index contributed by atoms with van der Waals surface area (Å²) in [5.74, 6) is 0. The Morgan fingerprint density at radius 1 is 1.62 bits per heavy atom. The van der Waals surface area contributed by atoms with Crippen LogP contribution in [0, 0.1) is 0 Å². The van der Waals surface area contributed by atoms with Crippen LogP contribution in [0.2, 0.25) is 5.02 Å². The third kappa shape index (κ3) is 2.95. The normalized spacial score (nSPS) is 15.4. The van der Waals surface area contributed by atoms with Crippen molar-refractivity contribution in [2.45, 2.75) is 19.1 Å². The van der Waals surface area contributed by atoms with Gasteiger partial charge in [0.05, 0.1) is 23.5 Å². The van der Waals surface area contributed by atoms with Crippen molar-refractivity contribution in [1.82, 2.24) is 14.7 Å². The second-order valence-electron chi connectivity index (χ2n) is 4.35. The number of nitrogens with two attached hydrogens (primary N) is 1. The van der Waals surface area contributed by atoms with Crippen molar-refractivity contribution in [3.05, 3.63) is 16.9 Å². The number of likely N-dealkylation sites (N-methyl/N-ethyl adjacent to an activating group) is 1. The molecule has 0 saturated heterocycles. The quantitative estimate of drug-likeness (QED) is 0.783. The molecule has 3 N–H and O–H groups in total. The largest absolute Gasteiger partial charge is 0.382 e. The molecule has 0 aliphatic rings. The van der Waals surface area contributed by atoms with Crippen molar-refractivity contribution in [1.29, 1.82) is 0 Å². The molecule has 0 aliphatic heterocycles. The van der Waals surface area contributed by atoms with Gasteiger partial charge in [-0.15, -0.1) is 0 Å². The molecule has 1 unspecified atom stereocenters. The summed E-state index contributed by atoms with van der Waals surface area (Å²) in [6, 6.07) is 0. The predicted octanol–water partition coefficient (Wildman–Crippen LogP) is 0.264. The van der Waals surface area contributed by atoms with E-state index in [1.54, 1.807) is 11.6 Å². The lowest BCUT2D eigenvalue weighted by Gasteiger charge is -2.23. The van der Waals surface area contributed by atoms with E-state index < -0.39 is 5.60 Å². The Labute approximate surface area is 101 Å². The maximum Gasteiger partial charge on any atom is 0.117 e. The highest BCUT2D eigenvalue weighted by Crippen LogP contribution is 2.26. The van der Waals surface area contributed by atoms with Crippen LogP contribution in [0.15, 0.2) is 6.20 Å². The molecular formula is C10H19ClN4O. The van der Waals surface area contributed by atoms with Gasteiger partial charge in [0.25, 0.3) is 0 Å². The third-order valence-corrected chi connectivity index (χ3v) is 2.74. The minimum Gasteiger partial charge on any atom is -0.382 e. The van der Waals surface area contributed by atoms with Crippen LogP contribution in [0.3, 0.4) is 0 Å². The molecule has 0 saturated carbocycles. The topological polar surface area (TPSA) is 67.3 Å². The smallest absolute Gasteiger partial charge is 0.117 e. The fourth-order valence-electron chi connectivity index (χ4n) is 1.46. The first-order valence-electron chi connectivity index (χ1n) is 5.17. The number of aromatic nitrogens is 2. The van der Waals surface area contributed by atoms with Gasteiger partial charge in [0.15, 0.2) is 0 Å². The van der Waals surface area contributed by atoms with Gasteiger partial charge in [0.2, 0.25) is 0 Å². The van der Waals surface area contributed by atoms with Crippen LogP contribution < -0.4 is 5.73 Å². The van der Waals surface area contributed by atoms with Crippen LogP contribution in [0.25, 0.3) is 0 Å². The Kier molecular flexibility index (Phi) is 4.32. The fourth-order valence-corrected chi connectivity index (χ4v) is 1.80. The molecular weight excluding hydrogens is 228 g/mol. The highest BCUT2D eigenvalue weighted by atomic mass is 35.5. The van der Waals surface area contributed by atoms with E-state index in [1.165, 1.54) is 6.20 Å². The summed E-state index contributed by atoms with van der Waals surface area (Å²) in [7, 11) is 3.96. The third-order valence-electron chi connectivity index (χ3n) is 2.46. The van der Waals surface area contributed by atoms with E-state index in [0.29, 0.717) is 17.3 Å². The van der Waals surface area contributed by atoms with Crippen LogP contribution in [0.4, 0.5) is 0 Å². The molecule has 1 atom stereocenters. The first-order valence-corrected chi connectivity index (χ1v) is 5.55. The number of hydrogen-bond donors (Lipinski definition) is 2. The Morgan fingerprint density at radius 3 is 2.75 bits per heavy atom. The van der Waals surface area contributed by atoms with Crippen LogP contribution in [-0.2, 0) is 12.1 Å². The highest BCUT2D eigenvalue weighted by Gasteiger charge is 2.28. The Morgan fingerprint density at radius 2 is 2.25 bits per heavy atom. The Balaban J connectivity index is 2.94. The zero-order chi connectivity index (χ0) is 12.3. The van der Waals surface area contributed by atoms with E-state index in [2.05, 4.69) is 5.10 Å². The first kappa shape index (κ1) is 13.4. The SMILES string of the molecule is CN(C)CCn1ncc(Cl)c1C(C)(O)CN. The average molecular weight is 247 g/mol. The van der Waals surface area contributed by atoms with Gasteiger partial charge in [0.1, 0.15) is 5.60 Å². The molecule has 0 aromatic carbocycles. The predicted molar refractivity (Wildman–Crippen MR) is 64.4 cm³/mol. The van der Waals surface area contributed by atoms with Crippen LogP contribution in [0.1, 0.15) is 12.6 Å². The minimum absolute atomic E-state index is 0.111. The first-order chi connectivity index (χ1) is 7.38. The summed E-state index contributed by atoms with van der Waals surface area (Å²) in [5, 5.41) is 14.7. The van der Waals surface area contributed by atoms with E-state index in [4.69, 9.17) is 17.3 Å². The van der Waals surface area contributed by atoms with Gasteiger partial charge in [0, 0.05) is 13.1 Å². The highest BCUT2D eigenvalue weighted by molar-refractivity contribution is 6.31. The molecule has 5 nitrogen and oxygen atoms in total. The van der Waals surface area contributed by atoms with Crippen LogP contribution >= 0.6 is 11.6 Å². The number of nitrogens with zero attached hydrogens (tertiary/aromatic N) is 3. The monoisotopic (exact) mass is 246 g/mol. The molecule has 0 spiro atoms. The second kappa shape index (κ2) is 5.14.